The van der Waals surface area contributed by atoms with E-state index >= 15 is 0 Å². The zero-order valence-electron chi connectivity index (χ0n) is 12.6. The van der Waals surface area contributed by atoms with Crippen LogP contribution in [0.4, 0.5) is 0 Å². The number of methoxy groups -OCH3 is 1. The molecular formula is C16H23NO3. The molecule has 0 spiro atoms. The summed E-state index contributed by atoms with van der Waals surface area (Å²) in [5, 5.41) is 8.92. The maximum Gasteiger partial charge on any atom is 0.246 e. The van der Waals surface area contributed by atoms with Crippen molar-refractivity contribution in [3.63, 3.8) is 0 Å². The largest absolute Gasteiger partial charge is 0.497 e. The second kappa shape index (κ2) is 7.70. The van der Waals surface area contributed by atoms with Crippen LogP contribution in [0.5, 0.6) is 5.75 Å². The number of amides is 1. The van der Waals surface area contributed by atoms with Gasteiger partial charge in [0.1, 0.15) is 5.75 Å². The fourth-order valence-electron chi connectivity index (χ4n) is 2.12. The van der Waals surface area contributed by atoms with E-state index in [4.69, 9.17) is 9.84 Å². The number of carbonyl (C=O) groups is 1. The first-order valence-corrected chi connectivity index (χ1v) is 6.76. The number of hydrogen-bond acceptors (Lipinski definition) is 3. The minimum Gasteiger partial charge on any atom is -0.497 e. The average Bonchev–Trinajstić information content (AvgIpc) is 2.43. The molecule has 0 aliphatic heterocycles. The highest BCUT2D eigenvalue weighted by atomic mass is 16.5. The quantitative estimate of drug-likeness (QED) is 0.811. The third kappa shape index (κ3) is 4.10. The topological polar surface area (TPSA) is 49.8 Å². The molecule has 0 aliphatic carbocycles. The molecule has 4 nitrogen and oxygen atoms in total. The summed E-state index contributed by atoms with van der Waals surface area (Å²) in [6.07, 6.45) is 3.38. The maximum absolute atomic E-state index is 12.0. The van der Waals surface area contributed by atoms with Gasteiger partial charge in [-0.15, -0.1) is 0 Å². The number of aryl methyl sites for hydroxylation is 2. The van der Waals surface area contributed by atoms with E-state index in [1.165, 1.54) is 0 Å². The van der Waals surface area contributed by atoms with Crippen molar-refractivity contribution in [2.24, 2.45) is 0 Å². The van der Waals surface area contributed by atoms with Crippen LogP contribution in [0.15, 0.2) is 18.2 Å². The predicted molar refractivity (Wildman–Crippen MR) is 80.8 cm³/mol. The number of likely N-dealkylation sites (N-methyl/N-ethyl adjacent to an activating group) is 1. The van der Waals surface area contributed by atoms with Crippen molar-refractivity contribution in [1.29, 1.82) is 0 Å². The molecule has 0 radical (unpaired) electrons. The van der Waals surface area contributed by atoms with Gasteiger partial charge < -0.3 is 14.7 Å². The summed E-state index contributed by atoms with van der Waals surface area (Å²) in [7, 11) is 1.64. The number of aliphatic hydroxyl groups is 1. The summed E-state index contributed by atoms with van der Waals surface area (Å²) in [4.78, 5) is 13.6. The highest BCUT2D eigenvalue weighted by Gasteiger charge is 2.08. The van der Waals surface area contributed by atoms with Crippen LogP contribution in [0.2, 0.25) is 0 Å². The Morgan fingerprint density at radius 3 is 2.40 bits per heavy atom. The molecule has 0 heterocycles. The van der Waals surface area contributed by atoms with E-state index in [1.807, 2.05) is 39.0 Å². The number of rotatable bonds is 6. The van der Waals surface area contributed by atoms with Gasteiger partial charge in [-0.2, -0.15) is 0 Å². The Morgan fingerprint density at radius 2 is 1.95 bits per heavy atom. The third-order valence-electron chi connectivity index (χ3n) is 3.26. The van der Waals surface area contributed by atoms with Gasteiger partial charge in [-0.05, 0) is 55.7 Å². The monoisotopic (exact) mass is 277 g/mol. The van der Waals surface area contributed by atoms with E-state index in [9.17, 15) is 4.79 Å². The number of benzene rings is 1. The smallest absolute Gasteiger partial charge is 0.246 e. The summed E-state index contributed by atoms with van der Waals surface area (Å²) >= 11 is 0. The van der Waals surface area contributed by atoms with Crippen LogP contribution in [0.25, 0.3) is 6.08 Å². The summed E-state index contributed by atoms with van der Waals surface area (Å²) in [6.45, 7) is 6.81. The molecule has 0 aliphatic rings. The third-order valence-corrected chi connectivity index (χ3v) is 3.26. The second-order valence-corrected chi connectivity index (χ2v) is 4.65. The van der Waals surface area contributed by atoms with Crippen molar-refractivity contribution < 1.29 is 14.6 Å². The van der Waals surface area contributed by atoms with Crippen LogP contribution in [-0.4, -0.2) is 42.7 Å². The average molecular weight is 277 g/mol. The van der Waals surface area contributed by atoms with Gasteiger partial charge in [-0.3, -0.25) is 4.79 Å². The lowest BCUT2D eigenvalue weighted by atomic mass is 10.0. The molecule has 0 fully saturated rings. The minimum atomic E-state index is -0.0869. The summed E-state index contributed by atoms with van der Waals surface area (Å²) in [5.74, 6) is 0.732. The first-order valence-electron chi connectivity index (χ1n) is 6.76. The van der Waals surface area contributed by atoms with Crippen molar-refractivity contribution >= 4 is 12.0 Å². The second-order valence-electron chi connectivity index (χ2n) is 4.65. The number of nitrogens with zero attached hydrogens (tertiary/aromatic N) is 1. The van der Waals surface area contributed by atoms with Gasteiger partial charge in [0, 0.05) is 19.2 Å². The molecule has 0 aromatic heterocycles. The molecule has 110 valence electrons. The van der Waals surface area contributed by atoms with Crippen LogP contribution >= 0.6 is 0 Å². The van der Waals surface area contributed by atoms with Crippen molar-refractivity contribution in [3.8, 4) is 5.75 Å². The minimum absolute atomic E-state index is 0.0198. The lowest BCUT2D eigenvalue weighted by molar-refractivity contribution is -0.126. The fraction of sp³-hybridized carbons (Fsp3) is 0.438. The summed E-state index contributed by atoms with van der Waals surface area (Å²) < 4.78 is 5.22. The molecular weight excluding hydrogens is 254 g/mol. The molecule has 20 heavy (non-hydrogen) atoms. The van der Waals surface area contributed by atoms with E-state index in [0.717, 1.165) is 22.4 Å². The van der Waals surface area contributed by atoms with Crippen LogP contribution < -0.4 is 4.74 Å². The SMILES string of the molecule is CCN(CCO)C(=O)/C=C/c1c(C)cc(OC)cc1C. The van der Waals surface area contributed by atoms with E-state index in [-0.39, 0.29) is 12.5 Å². The fourth-order valence-corrected chi connectivity index (χ4v) is 2.12. The number of aliphatic hydroxyl groups excluding tert-OH is 1. The Bertz CT molecular complexity index is 471. The Hall–Kier alpha value is -1.81. The van der Waals surface area contributed by atoms with E-state index in [2.05, 4.69) is 0 Å². The summed E-state index contributed by atoms with van der Waals surface area (Å²) in [5.41, 5.74) is 3.16. The molecule has 0 atom stereocenters. The molecule has 1 aromatic carbocycles. The number of ether oxygens (including phenoxy) is 1. The molecule has 0 unspecified atom stereocenters. The first-order chi connectivity index (χ1) is 9.53. The Labute approximate surface area is 120 Å². The zero-order chi connectivity index (χ0) is 15.1. The highest BCUT2D eigenvalue weighted by molar-refractivity contribution is 5.92. The Morgan fingerprint density at radius 1 is 1.35 bits per heavy atom. The molecule has 0 saturated carbocycles. The van der Waals surface area contributed by atoms with Crippen molar-refractivity contribution in [2.75, 3.05) is 26.8 Å². The van der Waals surface area contributed by atoms with Gasteiger partial charge in [0.25, 0.3) is 0 Å². The molecule has 0 saturated heterocycles. The van der Waals surface area contributed by atoms with Crippen molar-refractivity contribution in [3.05, 3.63) is 34.9 Å². The van der Waals surface area contributed by atoms with Crippen LogP contribution in [0, 0.1) is 13.8 Å². The van der Waals surface area contributed by atoms with E-state index in [0.29, 0.717) is 13.1 Å². The standard InChI is InChI=1S/C16H23NO3/c1-5-17(8-9-18)16(19)7-6-15-12(2)10-14(20-4)11-13(15)3/h6-7,10-11,18H,5,8-9H2,1-4H3/b7-6+. The normalized spacial score (nSPS) is 10.8. The predicted octanol–water partition coefficient (Wildman–Crippen LogP) is 2.17. The van der Waals surface area contributed by atoms with Gasteiger partial charge in [0.15, 0.2) is 0 Å². The van der Waals surface area contributed by atoms with Crippen LogP contribution in [0.1, 0.15) is 23.6 Å². The Kier molecular flexibility index (Phi) is 6.25. The van der Waals surface area contributed by atoms with E-state index < -0.39 is 0 Å². The molecule has 0 bridgehead atoms. The number of carbonyl (C=O) groups excluding carboxylic acids is 1. The highest BCUT2D eigenvalue weighted by Crippen LogP contribution is 2.22. The van der Waals surface area contributed by atoms with Crippen LogP contribution in [-0.2, 0) is 4.79 Å². The lowest BCUT2D eigenvalue weighted by Crippen LogP contribution is -2.31. The molecule has 1 N–H and O–H groups in total. The van der Waals surface area contributed by atoms with Gasteiger partial charge in [0.05, 0.1) is 13.7 Å². The van der Waals surface area contributed by atoms with Gasteiger partial charge >= 0.3 is 0 Å². The molecule has 1 rings (SSSR count). The Balaban J connectivity index is 2.92. The first kappa shape index (κ1) is 16.2. The van der Waals surface area contributed by atoms with Crippen LogP contribution in [0.3, 0.4) is 0 Å². The van der Waals surface area contributed by atoms with Crippen molar-refractivity contribution in [2.45, 2.75) is 20.8 Å². The van der Waals surface area contributed by atoms with Gasteiger partial charge in [-0.25, -0.2) is 0 Å². The zero-order valence-corrected chi connectivity index (χ0v) is 12.6. The van der Waals surface area contributed by atoms with Gasteiger partial charge in [-0.1, -0.05) is 0 Å². The molecule has 4 heteroatoms. The van der Waals surface area contributed by atoms with Crippen molar-refractivity contribution in [1.82, 2.24) is 4.90 Å². The van der Waals surface area contributed by atoms with Gasteiger partial charge in [0.2, 0.25) is 5.91 Å². The molecule has 1 amide bonds. The summed E-state index contributed by atoms with van der Waals surface area (Å²) in [6, 6.07) is 3.89. The molecule has 1 aromatic rings. The van der Waals surface area contributed by atoms with E-state index in [1.54, 1.807) is 18.1 Å². The lowest BCUT2D eigenvalue weighted by Gasteiger charge is -2.17. The maximum atomic E-state index is 12.0. The number of hydrogen-bond donors (Lipinski definition) is 1.